The number of carbonyl (C=O) groups is 1. The zero-order chi connectivity index (χ0) is 20.6. The van der Waals surface area contributed by atoms with Crippen LogP contribution < -0.4 is 16.0 Å². The molecule has 3 N–H and O–H groups in total. The normalized spacial score (nSPS) is 27.5. The highest BCUT2D eigenvalue weighted by Gasteiger charge is 2.29. The number of sulfone groups is 1. The number of rotatable bonds is 8. The molecule has 170 valence electrons. The minimum atomic E-state index is -3.00. The van der Waals surface area contributed by atoms with E-state index < -0.39 is 20.6 Å². The molecule has 1 amide bonds. The fourth-order valence-electron chi connectivity index (χ4n) is 3.74. The van der Waals surface area contributed by atoms with Gasteiger partial charge in [0.25, 0.3) is 0 Å². The molecule has 1 saturated carbocycles. The molecular formula is C18H35IN4O4S2. The lowest BCUT2D eigenvalue weighted by atomic mass is 9.95. The first-order valence-electron chi connectivity index (χ1n) is 10.2. The molecule has 2 aliphatic rings. The van der Waals surface area contributed by atoms with E-state index in [-0.39, 0.29) is 65.1 Å². The van der Waals surface area contributed by atoms with Crippen molar-refractivity contribution in [2.75, 3.05) is 30.3 Å². The number of hydrogen-bond donors (Lipinski definition) is 3. The van der Waals surface area contributed by atoms with Crippen molar-refractivity contribution in [3.63, 3.8) is 0 Å². The molecule has 11 heteroatoms. The predicted octanol–water partition coefficient (Wildman–Crippen LogP) is 0.933. The maximum atomic E-state index is 12.1. The molecule has 0 spiro atoms. The van der Waals surface area contributed by atoms with Crippen molar-refractivity contribution in [1.82, 2.24) is 16.0 Å². The van der Waals surface area contributed by atoms with Crippen LogP contribution in [-0.4, -0.2) is 72.2 Å². The molecule has 0 bridgehead atoms. The number of aliphatic imine (C=N–C) groups is 1. The summed E-state index contributed by atoms with van der Waals surface area (Å²) in [6.07, 6.45) is 4.69. The first-order chi connectivity index (χ1) is 13.3. The molecule has 29 heavy (non-hydrogen) atoms. The van der Waals surface area contributed by atoms with Gasteiger partial charge in [0.1, 0.15) is 0 Å². The van der Waals surface area contributed by atoms with Gasteiger partial charge >= 0.3 is 0 Å². The van der Waals surface area contributed by atoms with Crippen LogP contribution in [0.25, 0.3) is 0 Å². The van der Waals surface area contributed by atoms with E-state index in [1.54, 1.807) is 0 Å². The first-order valence-corrected chi connectivity index (χ1v) is 13.4. The predicted molar refractivity (Wildman–Crippen MR) is 129 cm³/mol. The molecule has 1 aliphatic heterocycles. The number of nitrogens with zero attached hydrogens (tertiary/aromatic N) is 1. The number of hydrogen-bond acceptors (Lipinski definition) is 5. The van der Waals surface area contributed by atoms with Crippen LogP contribution in [0.3, 0.4) is 0 Å². The Bertz CT molecular complexity index is 687. The highest BCUT2D eigenvalue weighted by Crippen LogP contribution is 2.23. The van der Waals surface area contributed by atoms with Crippen molar-refractivity contribution in [3.8, 4) is 0 Å². The minimum absolute atomic E-state index is 0. The van der Waals surface area contributed by atoms with Crippen LogP contribution in [0.5, 0.6) is 0 Å². The summed E-state index contributed by atoms with van der Waals surface area (Å²) in [7, 11) is -3.76. The maximum absolute atomic E-state index is 12.1. The Morgan fingerprint density at radius 1 is 1.14 bits per heavy atom. The van der Waals surface area contributed by atoms with Crippen LogP contribution >= 0.6 is 24.0 Å². The van der Waals surface area contributed by atoms with Crippen molar-refractivity contribution in [2.45, 2.75) is 69.7 Å². The van der Waals surface area contributed by atoms with E-state index in [2.05, 4.69) is 20.9 Å². The Labute approximate surface area is 194 Å². The number of amides is 1. The van der Waals surface area contributed by atoms with E-state index in [9.17, 15) is 17.4 Å². The number of halogens is 1. The standard InChI is InChI=1S/C18H34N4O4S2.HI/c1-3-19-18(22-14-6-5-7-16(12-14)27(24)4-2)20-10-8-17(23)21-15-9-11-28(25,26)13-15;/h14-16H,3-13H2,1-2H3,(H,21,23)(H2,19,20,22);1H. The third-order valence-electron chi connectivity index (χ3n) is 5.17. The molecule has 0 aromatic carbocycles. The third-order valence-corrected chi connectivity index (χ3v) is 8.68. The average Bonchev–Trinajstić information content (AvgIpc) is 2.99. The Morgan fingerprint density at radius 3 is 2.52 bits per heavy atom. The fraction of sp³-hybridized carbons (Fsp3) is 0.889. The highest BCUT2D eigenvalue weighted by molar-refractivity contribution is 14.0. The summed E-state index contributed by atoms with van der Waals surface area (Å²) < 4.78 is 35.0. The van der Waals surface area contributed by atoms with Crippen LogP contribution in [0, 0.1) is 0 Å². The van der Waals surface area contributed by atoms with Gasteiger partial charge in [-0.1, -0.05) is 13.3 Å². The largest absolute Gasteiger partial charge is 0.357 e. The van der Waals surface area contributed by atoms with Gasteiger partial charge in [-0.25, -0.2) is 8.42 Å². The molecule has 0 aromatic heterocycles. The van der Waals surface area contributed by atoms with Gasteiger partial charge in [0.15, 0.2) is 15.8 Å². The summed E-state index contributed by atoms with van der Waals surface area (Å²) in [5.74, 6) is 1.39. The lowest BCUT2D eigenvalue weighted by molar-refractivity contribution is -0.121. The molecule has 2 rings (SSSR count). The van der Waals surface area contributed by atoms with Crippen LogP contribution in [-0.2, 0) is 25.4 Å². The van der Waals surface area contributed by atoms with Gasteiger partial charge in [-0.05, 0) is 32.6 Å². The van der Waals surface area contributed by atoms with Crippen LogP contribution in [0.15, 0.2) is 4.99 Å². The van der Waals surface area contributed by atoms with Gasteiger partial charge in [0.2, 0.25) is 5.91 Å². The first kappa shape index (κ1) is 26.6. The number of guanidine groups is 1. The third kappa shape index (κ3) is 9.50. The average molecular weight is 563 g/mol. The summed E-state index contributed by atoms with van der Waals surface area (Å²) >= 11 is 0. The molecular weight excluding hydrogens is 527 g/mol. The van der Waals surface area contributed by atoms with Crippen molar-refractivity contribution < 1.29 is 17.4 Å². The highest BCUT2D eigenvalue weighted by atomic mass is 127. The van der Waals surface area contributed by atoms with Gasteiger partial charge in [-0.3, -0.25) is 14.0 Å². The summed E-state index contributed by atoms with van der Waals surface area (Å²) in [4.78, 5) is 16.5. The Hall–Kier alpha value is -0.430. The topological polar surface area (TPSA) is 117 Å². The van der Waals surface area contributed by atoms with Crippen molar-refractivity contribution in [2.24, 2.45) is 4.99 Å². The zero-order valence-corrected chi connectivity index (χ0v) is 21.3. The van der Waals surface area contributed by atoms with E-state index in [1.807, 2.05) is 13.8 Å². The van der Waals surface area contributed by atoms with E-state index in [0.29, 0.717) is 24.7 Å². The molecule has 4 unspecified atom stereocenters. The van der Waals surface area contributed by atoms with E-state index in [1.165, 1.54) is 0 Å². The van der Waals surface area contributed by atoms with E-state index in [0.717, 1.165) is 32.2 Å². The number of nitrogens with one attached hydrogen (secondary N) is 3. The molecule has 1 heterocycles. The van der Waals surface area contributed by atoms with Crippen molar-refractivity contribution in [1.29, 1.82) is 0 Å². The Kier molecular flexibility index (Phi) is 12.0. The monoisotopic (exact) mass is 562 g/mol. The van der Waals surface area contributed by atoms with Gasteiger partial charge in [0.05, 0.1) is 18.1 Å². The van der Waals surface area contributed by atoms with Crippen LogP contribution in [0.4, 0.5) is 0 Å². The lowest BCUT2D eigenvalue weighted by Crippen LogP contribution is -2.46. The molecule has 1 saturated heterocycles. The molecule has 1 aliphatic carbocycles. The summed E-state index contributed by atoms with van der Waals surface area (Å²) in [5, 5.41) is 9.64. The summed E-state index contributed by atoms with van der Waals surface area (Å²) in [6.45, 7) is 5.00. The summed E-state index contributed by atoms with van der Waals surface area (Å²) in [5.41, 5.74) is 0. The zero-order valence-electron chi connectivity index (χ0n) is 17.3. The minimum Gasteiger partial charge on any atom is -0.357 e. The van der Waals surface area contributed by atoms with Crippen molar-refractivity contribution in [3.05, 3.63) is 0 Å². The molecule has 4 atom stereocenters. The smallest absolute Gasteiger partial charge is 0.222 e. The lowest BCUT2D eigenvalue weighted by Gasteiger charge is -2.30. The van der Waals surface area contributed by atoms with Gasteiger partial charge < -0.3 is 16.0 Å². The van der Waals surface area contributed by atoms with Gasteiger partial charge in [-0.15, -0.1) is 24.0 Å². The molecule has 2 fully saturated rings. The maximum Gasteiger partial charge on any atom is 0.222 e. The second-order valence-corrected chi connectivity index (χ2v) is 11.7. The Balaban J connectivity index is 0.00000420. The van der Waals surface area contributed by atoms with Gasteiger partial charge in [-0.2, -0.15) is 0 Å². The molecule has 0 radical (unpaired) electrons. The van der Waals surface area contributed by atoms with Crippen LogP contribution in [0.2, 0.25) is 0 Å². The van der Waals surface area contributed by atoms with Crippen molar-refractivity contribution >= 4 is 56.5 Å². The quantitative estimate of drug-likeness (QED) is 0.230. The summed E-state index contributed by atoms with van der Waals surface area (Å²) in [6, 6.07) is -0.0315. The second-order valence-electron chi connectivity index (χ2n) is 7.48. The van der Waals surface area contributed by atoms with E-state index in [4.69, 9.17) is 0 Å². The fourth-order valence-corrected chi connectivity index (χ4v) is 6.76. The molecule has 8 nitrogen and oxygen atoms in total. The van der Waals surface area contributed by atoms with Gasteiger partial charge in [0, 0.05) is 46.9 Å². The molecule has 0 aromatic rings. The second kappa shape index (κ2) is 13.1. The van der Waals surface area contributed by atoms with E-state index >= 15 is 0 Å². The Morgan fingerprint density at radius 2 is 1.90 bits per heavy atom. The van der Waals surface area contributed by atoms with Crippen LogP contribution in [0.1, 0.15) is 52.4 Å². The number of carbonyl (C=O) groups excluding carboxylic acids is 1. The SMILES string of the molecule is CCNC(=NCCC(=O)NC1CCS(=O)(=O)C1)NC1CCCC(S(=O)CC)C1.I.